The molecule has 0 saturated heterocycles. The van der Waals surface area contributed by atoms with E-state index in [0.717, 1.165) is 5.56 Å². The van der Waals surface area contributed by atoms with Gasteiger partial charge >= 0.3 is 6.03 Å². The molecule has 6 heteroatoms. The van der Waals surface area contributed by atoms with E-state index in [4.69, 9.17) is 4.42 Å². The van der Waals surface area contributed by atoms with E-state index < -0.39 is 0 Å². The zero-order valence-corrected chi connectivity index (χ0v) is 15.8. The van der Waals surface area contributed by atoms with Gasteiger partial charge in [-0.2, -0.15) is 0 Å². The molecule has 0 saturated carbocycles. The molecule has 1 aromatic carbocycles. The smallest absolute Gasteiger partial charge is 0.315 e. The van der Waals surface area contributed by atoms with Crippen LogP contribution in [0.25, 0.3) is 0 Å². The Bertz CT molecular complexity index is 716. The molecule has 1 atom stereocenters. The average molecular weight is 357 g/mol. The first kappa shape index (κ1) is 19.6. The van der Waals surface area contributed by atoms with Gasteiger partial charge in [-0.1, -0.05) is 45.0 Å². The van der Waals surface area contributed by atoms with E-state index in [2.05, 4.69) is 48.9 Å². The number of carbonyl (C=O) groups is 2. The fourth-order valence-corrected chi connectivity index (χ4v) is 2.45. The van der Waals surface area contributed by atoms with Crippen LogP contribution in [0.5, 0.6) is 0 Å². The summed E-state index contributed by atoms with van der Waals surface area (Å²) in [4.78, 5) is 23.7. The third-order valence-electron chi connectivity index (χ3n) is 4.07. The average Bonchev–Trinajstić information content (AvgIpc) is 3.12. The van der Waals surface area contributed by atoms with Crippen molar-refractivity contribution in [1.29, 1.82) is 0 Å². The van der Waals surface area contributed by atoms with Crippen LogP contribution < -0.4 is 16.0 Å². The van der Waals surface area contributed by atoms with Crippen molar-refractivity contribution in [2.75, 3.05) is 13.1 Å². The van der Waals surface area contributed by atoms with Crippen molar-refractivity contribution >= 4 is 11.9 Å². The fourth-order valence-electron chi connectivity index (χ4n) is 2.45. The summed E-state index contributed by atoms with van der Waals surface area (Å²) in [5.74, 6) is -0.0497. The number of rotatable bonds is 6. The summed E-state index contributed by atoms with van der Waals surface area (Å²) >= 11 is 0. The van der Waals surface area contributed by atoms with Crippen molar-refractivity contribution in [3.8, 4) is 0 Å². The lowest BCUT2D eigenvalue weighted by molar-refractivity contribution is 0.0926. The Labute approximate surface area is 154 Å². The first-order valence-electron chi connectivity index (χ1n) is 8.74. The van der Waals surface area contributed by atoms with E-state index in [-0.39, 0.29) is 29.2 Å². The van der Waals surface area contributed by atoms with Crippen LogP contribution in [0.15, 0.2) is 47.1 Å². The quantitative estimate of drug-likeness (QED) is 0.693. The molecule has 140 valence electrons. The van der Waals surface area contributed by atoms with E-state index in [1.165, 1.54) is 11.8 Å². The van der Waals surface area contributed by atoms with Crippen molar-refractivity contribution in [2.24, 2.45) is 0 Å². The predicted octanol–water partition coefficient (Wildman–Crippen LogP) is 3.37. The Morgan fingerprint density at radius 1 is 1.04 bits per heavy atom. The maximum Gasteiger partial charge on any atom is 0.315 e. The van der Waals surface area contributed by atoms with Crippen molar-refractivity contribution in [3.05, 3.63) is 59.5 Å². The minimum absolute atomic E-state index is 0.104. The molecule has 0 radical (unpaired) electrons. The maximum atomic E-state index is 12.0. The molecule has 1 aromatic heterocycles. The van der Waals surface area contributed by atoms with Gasteiger partial charge in [0.25, 0.3) is 5.91 Å². The van der Waals surface area contributed by atoms with Crippen LogP contribution in [-0.2, 0) is 5.41 Å². The molecule has 3 amide bonds. The van der Waals surface area contributed by atoms with Gasteiger partial charge in [0, 0.05) is 13.1 Å². The van der Waals surface area contributed by atoms with E-state index in [1.54, 1.807) is 12.1 Å². The number of nitrogens with one attached hydrogen (secondary N) is 3. The van der Waals surface area contributed by atoms with Crippen LogP contribution in [0.2, 0.25) is 0 Å². The molecule has 0 aliphatic carbocycles. The summed E-state index contributed by atoms with van der Waals surface area (Å²) in [6, 6.07) is 11.1. The van der Waals surface area contributed by atoms with Gasteiger partial charge in [-0.05, 0) is 35.6 Å². The Kier molecular flexibility index (Phi) is 6.44. The lowest BCUT2D eigenvalue weighted by Gasteiger charge is -2.21. The third-order valence-corrected chi connectivity index (χ3v) is 4.07. The molecule has 2 rings (SSSR count). The van der Waals surface area contributed by atoms with Gasteiger partial charge in [-0.25, -0.2) is 4.79 Å². The minimum atomic E-state index is -0.301. The lowest BCUT2D eigenvalue weighted by atomic mass is 9.86. The van der Waals surface area contributed by atoms with E-state index in [1.807, 2.05) is 19.1 Å². The molecule has 0 spiro atoms. The van der Waals surface area contributed by atoms with Crippen LogP contribution in [0.1, 0.15) is 55.4 Å². The summed E-state index contributed by atoms with van der Waals surface area (Å²) in [6.45, 7) is 9.09. The van der Waals surface area contributed by atoms with Crippen LogP contribution in [0.3, 0.4) is 0 Å². The zero-order chi connectivity index (χ0) is 19.2. The highest BCUT2D eigenvalue weighted by Gasteiger charge is 2.15. The summed E-state index contributed by atoms with van der Waals surface area (Å²) in [7, 11) is 0. The number of benzene rings is 1. The summed E-state index contributed by atoms with van der Waals surface area (Å²) in [5, 5.41) is 8.28. The van der Waals surface area contributed by atoms with Crippen molar-refractivity contribution in [1.82, 2.24) is 16.0 Å². The van der Waals surface area contributed by atoms with Gasteiger partial charge in [-0.15, -0.1) is 0 Å². The van der Waals surface area contributed by atoms with Gasteiger partial charge in [0.2, 0.25) is 0 Å². The molecule has 0 aliphatic heterocycles. The van der Waals surface area contributed by atoms with Crippen molar-refractivity contribution in [2.45, 2.75) is 39.2 Å². The Hall–Kier alpha value is -2.76. The second-order valence-electron chi connectivity index (χ2n) is 7.23. The SMILES string of the molecule is CC(NC(=O)NCCNC(=O)c1ccco1)c1ccc(C(C)(C)C)cc1. The molecule has 0 aliphatic rings. The van der Waals surface area contributed by atoms with Gasteiger partial charge in [0.1, 0.15) is 0 Å². The summed E-state index contributed by atoms with van der Waals surface area (Å²) in [5.41, 5.74) is 2.40. The Balaban J connectivity index is 1.72. The van der Waals surface area contributed by atoms with Gasteiger partial charge < -0.3 is 20.4 Å². The number of urea groups is 1. The molecule has 6 nitrogen and oxygen atoms in total. The topological polar surface area (TPSA) is 83.4 Å². The first-order valence-corrected chi connectivity index (χ1v) is 8.74. The first-order chi connectivity index (χ1) is 12.3. The number of amides is 3. The van der Waals surface area contributed by atoms with Crippen LogP contribution in [0.4, 0.5) is 4.79 Å². The molecule has 2 aromatic rings. The largest absolute Gasteiger partial charge is 0.459 e. The highest BCUT2D eigenvalue weighted by Crippen LogP contribution is 2.23. The van der Waals surface area contributed by atoms with E-state index in [9.17, 15) is 9.59 Å². The molecule has 3 N–H and O–H groups in total. The zero-order valence-electron chi connectivity index (χ0n) is 15.8. The molecule has 0 fully saturated rings. The lowest BCUT2D eigenvalue weighted by Crippen LogP contribution is -2.41. The standard InChI is InChI=1S/C20H27N3O3/c1-14(15-7-9-16(10-8-15)20(2,3)4)23-19(25)22-12-11-21-18(24)17-6-5-13-26-17/h5-10,13-14H,11-12H2,1-4H3,(H,21,24)(H2,22,23,25). The molecule has 0 bridgehead atoms. The van der Waals surface area contributed by atoms with Crippen LogP contribution in [-0.4, -0.2) is 25.0 Å². The Morgan fingerprint density at radius 2 is 1.69 bits per heavy atom. The van der Waals surface area contributed by atoms with Gasteiger partial charge in [-0.3, -0.25) is 4.79 Å². The number of carbonyl (C=O) groups excluding carboxylic acids is 2. The van der Waals surface area contributed by atoms with Crippen molar-refractivity contribution < 1.29 is 14.0 Å². The third kappa shape index (κ3) is 5.65. The molecule has 26 heavy (non-hydrogen) atoms. The molecular formula is C20H27N3O3. The maximum absolute atomic E-state index is 12.0. The number of furan rings is 1. The summed E-state index contributed by atoms with van der Waals surface area (Å²) < 4.78 is 4.99. The second kappa shape index (κ2) is 8.56. The van der Waals surface area contributed by atoms with E-state index >= 15 is 0 Å². The summed E-state index contributed by atoms with van der Waals surface area (Å²) in [6.07, 6.45) is 1.44. The van der Waals surface area contributed by atoms with Gasteiger partial charge in [0.05, 0.1) is 12.3 Å². The molecule has 1 heterocycles. The Morgan fingerprint density at radius 3 is 2.27 bits per heavy atom. The fraction of sp³-hybridized carbons (Fsp3) is 0.400. The number of hydrogen-bond donors (Lipinski definition) is 3. The van der Waals surface area contributed by atoms with Gasteiger partial charge in [0.15, 0.2) is 5.76 Å². The predicted molar refractivity (Wildman–Crippen MR) is 101 cm³/mol. The normalized spacial score (nSPS) is 12.3. The van der Waals surface area contributed by atoms with E-state index in [0.29, 0.717) is 13.1 Å². The van der Waals surface area contributed by atoms with Crippen LogP contribution >= 0.6 is 0 Å². The second-order valence-corrected chi connectivity index (χ2v) is 7.23. The highest BCUT2D eigenvalue weighted by molar-refractivity contribution is 5.91. The minimum Gasteiger partial charge on any atom is -0.459 e. The highest BCUT2D eigenvalue weighted by atomic mass is 16.3. The van der Waals surface area contributed by atoms with Crippen molar-refractivity contribution in [3.63, 3.8) is 0 Å². The molecular weight excluding hydrogens is 330 g/mol. The number of hydrogen-bond acceptors (Lipinski definition) is 3. The monoisotopic (exact) mass is 357 g/mol. The molecule has 1 unspecified atom stereocenters. The van der Waals surface area contributed by atoms with Crippen LogP contribution in [0, 0.1) is 0 Å².